The molecule has 1 aliphatic heterocycles. The van der Waals surface area contributed by atoms with Gasteiger partial charge in [0.05, 0.1) is 18.2 Å². The molecule has 2 rings (SSSR count). The smallest absolute Gasteiger partial charge is 0.229 e. The van der Waals surface area contributed by atoms with Crippen LogP contribution in [0, 0.1) is 24.7 Å². The zero-order valence-corrected chi connectivity index (χ0v) is 11.6. The van der Waals surface area contributed by atoms with Crippen LogP contribution in [0.3, 0.4) is 0 Å². The molecule has 0 spiro atoms. The molecule has 1 fully saturated rings. The molecular formula is C16H19NO3. The van der Waals surface area contributed by atoms with Crippen LogP contribution in [0.5, 0.6) is 0 Å². The molecule has 1 heterocycles. The Balaban J connectivity index is 2.13. The standard InChI is InChI=1S/C16H19NO3/c1-12-6-7-15(13(10-12)4-2-8-18)17-16(19)14-5-3-9-20-11-14/h6-7,10,14,18H,3,5,8-9,11H2,1H3,(H,17,19). The first-order chi connectivity index (χ1) is 9.70. The van der Waals surface area contributed by atoms with Crippen LogP contribution in [0.25, 0.3) is 0 Å². The lowest BCUT2D eigenvalue weighted by Crippen LogP contribution is -2.30. The summed E-state index contributed by atoms with van der Waals surface area (Å²) in [6.07, 6.45) is 1.78. The van der Waals surface area contributed by atoms with Crippen LogP contribution in [0.1, 0.15) is 24.0 Å². The van der Waals surface area contributed by atoms with Crippen molar-refractivity contribution in [1.82, 2.24) is 0 Å². The zero-order chi connectivity index (χ0) is 14.4. The average Bonchev–Trinajstić information content (AvgIpc) is 2.48. The predicted molar refractivity (Wildman–Crippen MR) is 77.3 cm³/mol. The molecule has 1 atom stereocenters. The molecule has 20 heavy (non-hydrogen) atoms. The fourth-order valence-electron chi connectivity index (χ4n) is 2.19. The van der Waals surface area contributed by atoms with Crippen LogP contribution in [0.2, 0.25) is 0 Å². The molecule has 0 aromatic heterocycles. The first-order valence-electron chi connectivity index (χ1n) is 6.79. The summed E-state index contributed by atoms with van der Waals surface area (Å²) in [6.45, 7) is 2.99. The van der Waals surface area contributed by atoms with Gasteiger partial charge in [0.15, 0.2) is 0 Å². The van der Waals surface area contributed by atoms with E-state index in [2.05, 4.69) is 17.2 Å². The van der Waals surface area contributed by atoms with Gasteiger partial charge in [-0.3, -0.25) is 4.79 Å². The molecule has 1 aromatic rings. The van der Waals surface area contributed by atoms with Crippen molar-refractivity contribution >= 4 is 11.6 Å². The molecule has 106 valence electrons. The largest absolute Gasteiger partial charge is 0.384 e. The first-order valence-corrected chi connectivity index (χ1v) is 6.79. The highest BCUT2D eigenvalue weighted by Gasteiger charge is 2.22. The summed E-state index contributed by atoms with van der Waals surface area (Å²) in [5, 5.41) is 11.7. The van der Waals surface area contributed by atoms with Gasteiger partial charge in [-0.15, -0.1) is 0 Å². The van der Waals surface area contributed by atoms with Gasteiger partial charge >= 0.3 is 0 Å². The van der Waals surface area contributed by atoms with E-state index in [0.29, 0.717) is 12.3 Å². The molecule has 2 N–H and O–H groups in total. The normalized spacial score (nSPS) is 18.0. The molecule has 4 heteroatoms. The average molecular weight is 273 g/mol. The van der Waals surface area contributed by atoms with Crippen molar-refractivity contribution in [2.45, 2.75) is 19.8 Å². The fraction of sp³-hybridized carbons (Fsp3) is 0.438. The third-order valence-electron chi connectivity index (χ3n) is 3.27. The van der Waals surface area contributed by atoms with Gasteiger partial charge < -0.3 is 15.2 Å². The van der Waals surface area contributed by atoms with E-state index in [-0.39, 0.29) is 18.4 Å². The summed E-state index contributed by atoms with van der Waals surface area (Å²) in [4.78, 5) is 12.2. The number of nitrogens with one attached hydrogen (secondary N) is 1. The van der Waals surface area contributed by atoms with Gasteiger partial charge in [0.2, 0.25) is 5.91 Å². The Bertz CT molecular complexity index is 536. The van der Waals surface area contributed by atoms with Crippen LogP contribution in [-0.4, -0.2) is 30.8 Å². The van der Waals surface area contributed by atoms with Gasteiger partial charge in [-0.2, -0.15) is 0 Å². The number of rotatable bonds is 2. The second-order valence-corrected chi connectivity index (χ2v) is 4.91. The van der Waals surface area contributed by atoms with Gasteiger partial charge in [0.25, 0.3) is 0 Å². The minimum absolute atomic E-state index is 0.0272. The summed E-state index contributed by atoms with van der Waals surface area (Å²) in [7, 11) is 0. The van der Waals surface area contributed by atoms with Crippen LogP contribution in [-0.2, 0) is 9.53 Å². The maximum Gasteiger partial charge on any atom is 0.229 e. The third-order valence-corrected chi connectivity index (χ3v) is 3.27. The minimum Gasteiger partial charge on any atom is -0.384 e. The van der Waals surface area contributed by atoms with Crippen LogP contribution >= 0.6 is 0 Å². The molecule has 1 saturated heterocycles. The van der Waals surface area contributed by atoms with E-state index in [9.17, 15) is 4.79 Å². The Morgan fingerprint density at radius 2 is 2.40 bits per heavy atom. The van der Waals surface area contributed by atoms with Gasteiger partial charge in [-0.05, 0) is 37.5 Å². The highest BCUT2D eigenvalue weighted by Crippen LogP contribution is 2.20. The quantitative estimate of drug-likeness (QED) is 0.806. The Labute approximate surface area is 119 Å². The van der Waals surface area contributed by atoms with Gasteiger partial charge in [0, 0.05) is 12.2 Å². The van der Waals surface area contributed by atoms with Crippen molar-refractivity contribution in [2.24, 2.45) is 5.92 Å². The van der Waals surface area contributed by atoms with Gasteiger partial charge in [0.1, 0.15) is 6.61 Å². The molecule has 1 aliphatic rings. The monoisotopic (exact) mass is 273 g/mol. The van der Waals surface area contributed by atoms with E-state index < -0.39 is 0 Å². The van der Waals surface area contributed by atoms with Crippen molar-refractivity contribution in [1.29, 1.82) is 0 Å². The van der Waals surface area contributed by atoms with Crippen molar-refractivity contribution < 1.29 is 14.6 Å². The number of carbonyl (C=O) groups is 1. The lowest BCUT2D eigenvalue weighted by molar-refractivity contribution is -0.123. The Morgan fingerprint density at radius 3 is 3.10 bits per heavy atom. The molecular weight excluding hydrogens is 254 g/mol. The molecule has 4 nitrogen and oxygen atoms in total. The van der Waals surface area contributed by atoms with E-state index >= 15 is 0 Å². The number of hydrogen-bond acceptors (Lipinski definition) is 3. The first kappa shape index (κ1) is 14.6. The Kier molecular flexibility index (Phi) is 5.16. The number of carbonyl (C=O) groups excluding carboxylic acids is 1. The maximum atomic E-state index is 12.2. The number of amides is 1. The number of aliphatic hydroxyl groups excluding tert-OH is 1. The highest BCUT2D eigenvalue weighted by molar-refractivity contribution is 5.94. The third kappa shape index (κ3) is 3.83. The molecule has 0 radical (unpaired) electrons. The Morgan fingerprint density at radius 1 is 1.55 bits per heavy atom. The molecule has 1 aromatic carbocycles. The Hall–Kier alpha value is -1.83. The van der Waals surface area contributed by atoms with E-state index in [1.54, 1.807) is 0 Å². The fourth-order valence-corrected chi connectivity index (χ4v) is 2.19. The molecule has 1 amide bonds. The number of aliphatic hydroxyl groups is 1. The van der Waals surface area contributed by atoms with E-state index in [1.165, 1.54) is 0 Å². The number of anilines is 1. The van der Waals surface area contributed by atoms with Gasteiger partial charge in [-0.1, -0.05) is 17.9 Å². The number of hydrogen-bond donors (Lipinski definition) is 2. The number of benzene rings is 1. The summed E-state index contributed by atoms with van der Waals surface area (Å²) < 4.78 is 5.33. The molecule has 1 unspecified atom stereocenters. The topological polar surface area (TPSA) is 58.6 Å². The highest BCUT2D eigenvalue weighted by atomic mass is 16.5. The summed E-state index contributed by atoms with van der Waals surface area (Å²) >= 11 is 0. The van der Waals surface area contributed by atoms with Gasteiger partial charge in [-0.25, -0.2) is 0 Å². The summed E-state index contributed by atoms with van der Waals surface area (Å²) in [5.41, 5.74) is 2.47. The SMILES string of the molecule is Cc1ccc(NC(=O)C2CCCOC2)c(C#CCO)c1. The van der Waals surface area contributed by atoms with E-state index in [4.69, 9.17) is 9.84 Å². The maximum absolute atomic E-state index is 12.2. The summed E-state index contributed by atoms with van der Waals surface area (Å²) in [6, 6.07) is 5.67. The van der Waals surface area contributed by atoms with Crippen molar-refractivity contribution in [3.63, 3.8) is 0 Å². The zero-order valence-electron chi connectivity index (χ0n) is 11.6. The van der Waals surface area contributed by atoms with Crippen LogP contribution in [0.4, 0.5) is 5.69 Å². The molecule has 0 saturated carbocycles. The number of ether oxygens (including phenoxy) is 1. The van der Waals surface area contributed by atoms with Crippen molar-refractivity contribution in [3.8, 4) is 11.8 Å². The van der Waals surface area contributed by atoms with Crippen molar-refractivity contribution in [3.05, 3.63) is 29.3 Å². The lowest BCUT2D eigenvalue weighted by Gasteiger charge is -2.21. The second-order valence-electron chi connectivity index (χ2n) is 4.91. The molecule has 0 aliphatic carbocycles. The minimum atomic E-state index is -0.197. The van der Waals surface area contributed by atoms with Crippen LogP contribution in [0.15, 0.2) is 18.2 Å². The van der Waals surface area contributed by atoms with E-state index in [0.717, 1.165) is 30.6 Å². The predicted octanol–water partition coefficient (Wildman–Crippen LogP) is 1.70. The second kappa shape index (κ2) is 7.09. The van der Waals surface area contributed by atoms with E-state index in [1.807, 2.05) is 25.1 Å². The van der Waals surface area contributed by atoms with Crippen LogP contribution < -0.4 is 5.32 Å². The summed E-state index contributed by atoms with van der Waals surface area (Å²) in [5.74, 6) is 5.36. The molecule has 0 bridgehead atoms. The lowest BCUT2D eigenvalue weighted by atomic mass is 10.0. The number of aryl methyl sites for hydroxylation is 1. The van der Waals surface area contributed by atoms with Crippen molar-refractivity contribution in [2.75, 3.05) is 25.1 Å².